The van der Waals surface area contributed by atoms with E-state index >= 15 is 0 Å². The van der Waals surface area contributed by atoms with Crippen molar-refractivity contribution in [3.63, 3.8) is 0 Å². The lowest BCUT2D eigenvalue weighted by Gasteiger charge is -2.44. The van der Waals surface area contributed by atoms with E-state index in [4.69, 9.17) is 4.74 Å². The molecule has 1 N–H and O–H groups in total. The number of hydrogen-bond donors (Lipinski definition) is 1. The van der Waals surface area contributed by atoms with E-state index in [0.717, 1.165) is 12.8 Å². The van der Waals surface area contributed by atoms with Crippen LogP contribution < -0.4 is 0 Å². The summed E-state index contributed by atoms with van der Waals surface area (Å²) in [6, 6.07) is 0. The Morgan fingerprint density at radius 2 is 1.85 bits per heavy atom. The Hall–Kier alpha value is -0.570. The van der Waals surface area contributed by atoms with Crippen molar-refractivity contribution in [2.75, 3.05) is 6.61 Å². The van der Waals surface area contributed by atoms with Gasteiger partial charge in [0, 0.05) is 0 Å². The van der Waals surface area contributed by atoms with Crippen LogP contribution in [-0.2, 0) is 9.53 Å². The lowest BCUT2D eigenvalue weighted by Crippen LogP contribution is -2.45. The van der Waals surface area contributed by atoms with E-state index in [-0.39, 0.29) is 23.9 Å². The lowest BCUT2D eigenvalue weighted by molar-refractivity contribution is -0.164. The van der Waals surface area contributed by atoms with Gasteiger partial charge in [0.05, 0.1) is 11.5 Å². The highest BCUT2D eigenvalue weighted by Gasteiger charge is 2.42. The first kappa shape index (κ1) is 15.8. The van der Waals surface area contributed by atoms with E-state index in [1.807, 2.05) is 27.7 Å². The Labute approximate surface area is 123 Å². The van der Waals surface area contributed by atoms with E-state index in [2.05, 4.69) is 0 Å². The van der Waals surface area contributed by atoms with Gasteiger partial charge >= 0.3 is 5.97 Å². The number of rotatable bonds is 3. The second-order valence-electron chi connectivity index (χ2n) is 8.23. The highest BCUT2D eigenvalue weighted by Crippen LogP contribution is 2.44. The first-order valence-electron chi connectivity index (χ1n) is 8.09. The van der Waals surface area contributed by atoms with Crippen LogP contribution in [0.3, 0.4) is 0 Å². The summed E-state index contributed by atoms with van der Waals surface area (Å²) in [6.45, 7) is 8.21. The molecule has 2 bridgehead atoms. The van der Waals surface area contributed by atoms with Gasteiger partial charge in [0.2, 0.25) is 0 Å². The van der Waals surface area contributed by atoms with Crippen LogP contribution in [0.1, 0.15) is 66.2 Å². The summed E-state index contributed by atoms with van der Waals surface area (Å²) >= 11 is 0. The van der Waals surface area contributed by atoms with Gasteiger partial charge in [-0.3, -0.25) is 4.79 Å². The molecule has 0 spiro atoms. The summed E-state index contributed by atoms with van der Waals surface area (Å²) in [7, 11) is 0. The van der Waals surface area contributed by atoms with Gasteiger partial charge in [0.15, 0.2) is 0 Å². The van der Waals surface area contributed by atoms with Crippen LogP contribution >= 0.6 is 0 Å². The number of carbonyl (C=O) groups excluding carboxylic acids is 1. The van der Waals surface area contributed by atoms with Gasteiger partial charge in [-0.2, -0.15) is 0 Å². The zero-order valence-corrected chi connectivity index (χ0v) is 13.4. The molecule has 0 aromatic heterocycles. The number of hydrogen-bond acceptors (Lipinski definition) is 3. The molecule has 116 valence electrons. The molecule has 20 heavy (non-hydrogen) atoms. The fourth-order valence-corrected chi connectivity index (χ4v) is 3.73. The smallest absolute Gasteiger partial charge is 0.309 e. The molecule has 0 aromatic rings. The number of ether oxygens (including phenoxy) is 1. The summed E-state index contributed by atoms with van der Waals surface area (Å²) in [6.07, 6.45) is 6.62. The quantitative estimate of drug-likeness (QED) is 0.805. The topological polar surface area (TPSA) is 46.5 Å². The maximum atomic E-state index is 12.1. The Morgan fingerprint density at radius 1 is 1.30 bits per heavy atom. The zero-order chi connectivity index (χ0) is 15.0. The van der Waals surface area contributed by atoms with Crippen molar-refractivity contribution < 1.29 is 14.6 Å². The predicted molar refractivity (Wildman–Crippen MR) is 79.2 cm³/mol. The van der Waals surface area contributed by atoms with E-state index < -0.39 is 5.60 Å². The molecule has 2 aliphatic rings. The molecule has 0 heterocycles. The Bertz CT molecular complexity index is 344. The van der Waals surface area contributed by atoms with Crippen molar-refractivity contribution in [3.05, 3.63) is 0 Å². The SMILES string of the molecule is CC(C(=O)OCC1(O)CC2CCCC(C2)C1)C(C)(C)C. The largest absolute Gasteiger partial charge is 0.462 e. The fourth-order valence-electron chi connectivity index (χ4n) is 3.73. The number of aliphatic hydroxyl groups is 1. The van der Waals surface area contributed by atoms with Gasteiger partial charge in [0.25, 0.3) is 0 Å². The number of fused-ring (bicyclic) bond motifs is 2. The van der Waals surface area contributed by atoms with Gasteiger partial charge in [-0.15, -0.1) is 0 Å². The van der Waals surface area contributed by atoms with E-state index in [0.29, 0.717) is 11.8 Å². The Morgan fingerprint density at radius 3 is 2.35 bits per heavy atom. The van der Waals surface area contributed by atoms with Crippen LogP contribution in [0, 0.1) is 23.2 Å². The number of carbonyl (C=O) groups is 1. The summed E-state index contributed by atoms with van der Waals surface area (Å²) in [5.41, 5.74) is -0.871. The average molecular weight is 282 g/mol. The van der Waals surface area contributed by atoms with Crippen molar-refractivity contribution in [1.29, 1.82) is 0 Å². The molecule has 0 aromatic carbocycles. The lowest BCUT2D eigenvalue weighted by atomic mass is 9.66. The summed E-state index contributed by atoms with van der Waals surface area (Å²) in [5, 5.41) is 10.7. The molecule has 2 aliphatic carbocycles. The van der Waals surface area contributed by atoms with Crippen LogP contribution in [0.5, 0.6) is 0 Å². The number of esters is 1. The normalized spacial score (nSPS) is 35.5. The molecule has 0 amide bonds. The third kappa shape index (κ3) is 3.75. The molecule has 3 unspecified atom stereocenters. The van der Waals surface area contributed by atoms with Crippen LogP contribution in [0.15, 0.2) is 0 Å². The first-order chi connectivity index (χ1) is 9.20. The van der Waals surface area contributed by atoms with Gasteiger partial charge < -0.3 is 9.84 Å². The molecule has 2 rings (SSSR count). The summed E-state index contributed by atoms with van der Waals surface area (Å²) < 4.78 is 5.45. The van der Waals surface area contributed by atoms with Crippen LogP contribution in [-0.4, -0.2) is 23.3 Å². The Kier molecular flexibility index (Phi) is 4.48. The molecular weight excluding hydrogens is 252 g/mol. The van der Waals surface area contributed by atoms with Crippen molar-refractivity contribution in [2.45, 2.75) is 71.8 Å². The molecule has 2 fully saturated rings. The maximum Gasteiger partial charge on any atom is 0.309 e. The summed E-state index contributed by atoms with van der Waals surface area (Å²) in [4.78, 5) is 12.1. The van der Waals surface area contributed by atoms with E-state index in [1.54, 1.807) is 0 Å². The minimum atomic E-state index is -0.777. The van der Waals surface area contributed by atoms with Crippen molar-refractivity contribution in [1.82, 2.24) is 0 Å². The molecule has 3 atom stereocenters. The maximum absolute atomic E-state index is 12.1. The minimum Gasteiger partial charge on any atom is -0.462 e. The van der Waals surface area contributed by atoms with E-state index in [9.17, 15) is 9.90 Å². The molecular formula is C17H30O3. The molecule has 3 nitrogen and oxygen atoms in total. The Balaban J connectivity index is 1.88. The van der Waals surface area contributed by atoms with Crippen LogP contribution in [0.25, 0.3) is 0 Å². The van der Waals surface area contributed by atoms with Crippen molar-refractivity contribution >= 4 is 5.97 Å². The molecule has 0 radical (unpaired) electrons. The second-order valence-corrected chi connectivity index (χ2v) is 8.23. The first-order valence-corrected chi connectivity index (χ1v) is 8.09. The monoisotopic (exact) mass is 282 g/mol. The van der Waals surface area contributed by atoms with Gasteiger partial charge in [-0.05, 0) is 36.5 Å². The van der Waals surface area contributed by atoms with Crippen molar-refractivity contribution in [2.24, 2.45) is 23.2 Å². The third-order valence-electron chi connectivity index (χ3n) is 5.36. The minimum absolute atomic E-state index is 0.0945. The van der Waals surface area contributed by atoms with Gasteiger partial charge in [-0.1, -0.05) is 47.0 Å². The van der Waals surface area contributed by atoms with Crippen LogP contribution in [0.2, 0.25) is 0 Å². The highest BCUT2D eigenvalue weighted by molar-refractivity contribution is 5.72. The zero-order valence-electron chi connectivity index (χ0n) is 13.4. The van der Waals surface area contributed by atoms with Gasteiger partial charge in [0.1, 0.15) is 6.61 Å². The predicted octanol–water partition coefficient (Wildman–Crippen LogP) is 3.54. The second kappa shape index (κ2) is 5.67. The summed E-state index contributed by atoms with van der Waals surface area (Å²) in [5.74, 6) is 0.938. The van der Waals surface area contributed by atoms with Crippen molar-refractivity contribution in [3.8, 4) is 0 Å². The molecule has 0 aliphatic heterocycles. The standard InChI is InChI=1S/C17H30O3/c1-12(16(2,3)4)15(18)20-11-17(19)9-13-6-5-7-14(8-13)10-17/h12-14,19H,5-11H2,1-4H3. The molecule has 0 saturated heterocycles. The highest BCUT2D eigenvalue weighted by atomic mass is 16.5. The fraction of sp³-hybridized carbons (Fsp3) is 0.941. The van der Waals surface area contributed by atoms with Crippen LogP contribution in [0.4, 0.5) is 0 Å². The molecule has 2 saturated carbocycles. The average Bonchev–Trinajstić information content (AvgIpc) is 2.33. The van der Waals surface area contributed by atoms with Gasteiger partial charge in [-0.25, -0.2) is 0 Å². The third-order valence-corrected chi connectivity index (χ3v) is 5.36. The van der Waals surface area contributed by atoms with E-state index in [1.165, 1.54) is 25.7 Å². The molecule has 3 heteroatoms.